The predicted molar refractivity (Wildman–Crippen MR) is 78.2 cm³/mol. The SMILES string of the molecule is OCc1cccc(Cl)c1OCc1cc(Cl)ccc1Cl. The normalized spacial score (nSPS) is 10.5. The van der Waals surface area contributed by atoms with Crippen LogP contribution in [0.1, 0.15) is 11.1 Å². The second-order valence-electron chi connectivity index (χ2n) is 3.91. The number of aliphatic hydroxyl groups excluding tert-OH is 1. The van der Waals surface area contributed by atoms with E-state index in [-0.39, 0.29) is 13.2 Å². The van der Waals surface area contributed by atoms with Crippen molar-refractivity contribution in [3.05, 3.63) is 62.6 Å². The van der Waals surface area contributed by atoms with E-state index in [2.05, 4.69) is 0 Å². The molecule has 0 saturated heterocycles. The van der Waals surface area contributed by atoms with Crippen LogP contribution in [0.3, 0.4) is 0 Å². The summed E-state index contributed by atoms with van der Waals surface area (Å²) >= 11 is 18.0. The Kier molecular flexibility index (Phi) is 4.94. The molecular formula is C14H11Cl3O2. The molecule has 19 heavy (non-hydrogen) atoms. The first-order valence-electron chi connectivity index (χ1n) is 5.57. The van der Waals surface area contributed by atoms with Crippen LogP contribution < -0.4 is 4.74 Å². The number of benzene rings is 2. The molecule has 0 aliphatic heterocycles. The van der Waals surface area contributed by atoms with Crippen molar-refractivity contribution in [2.45, 2.75) is 13.2 Å². The van der Waals surface area contributed by atoms with Crippen molar-refractivity contribution in [3.8, 4) is 5.75 Å². The summed E-state index contributed by atoms with van der Waals surface area (Å²) in [7, 11) is 0. The van der Waals surface area contributed by atoms with Crippen LogP contribution >= 0.6 is 34.8 Å². The molecule has 2 aromatic rings. The molecule has 2 rings (SSSR count). The molecule has 0 bridgehead atoms. The Morgan fingerprint density at radius 2 is 1.74 bits per heavy atom. The molecule has 0 aliphatic carbocycles. The zero-order valence-electron chi connectivity index (χ0n) is 9.87. The number of halogens is 3. The molecule has 1 N–H and O–H groups in total. The van der Waals surface area contributed by atoms with E-state index in [1.54, 1.807) is 36.4 Å². The Bertz CT molecular complexity index is 585. The maximum absolute atomic E-state index is 9.25. The molecular weight excluding hydrogens is 307 g/mol. The smallest absolute Gasteiger partial charge is 0.143 e. The maximum atomic E-state index is 9.25. The van der Waals surface area contributed by atoms with E-state index in [4.69, 9.17) is 39.5 Å². The van der Waals surface area contributed by atoms with Crippen molar-refractivity contribution in [2.24, 2.45) is 0 Å². The minimum Gasteiger partial charge on any atom is -0.487 e. The molecule has 0 aromatic heterocycles. The molecule has 2 nitrogen and oxygen atoms in total. The third-order valence-corrected chi connectivity index (χ3v) is 3.50. The Morgan fingerprint density at radius 3 is 2.47 bits per heavy atom. The number of aliphatic hydroxyl groups is 1. The average Bonchev–Trinajstić information content (AvgIpc) is 2.40. The fraction of sp³-hybridized carbons (Fsp3) is 0.143. The van der Waals surface area contributed by atoms with Gasteiger partial charge in [0.2, 0.25) is 0 Å². The van der Waals surface area contributed by atoms with Crippen LogP contribution in [-0.4, -0.2) is 5.11 Å². The van der Waals surface area contributed by atoms with E-state index < -0.39 is 0 Å². The first kappa shape index (κ1) is 14.5. The van der Waals surface area contributed by atoms with Crippen LogP contribution in [0.4, 0.5) is 0 Å². The van der Waals surface area contributed by atoms with Gasteiger partial charge in [-0.1, -0.05) is 46.9 Å². The van der Waals surface area contributed by atoms with Gasteiger partial charge in [-0.2, -0.15) is 0 Å². The summed E-state index contributed by atoms with van der Waals surface area (Å²) in [5.41, 5.74) is 1.39. The van der Waals surface area contributed by atoms with Gasteiger partial charge in [-0.25, -0.2) is 0 Å². The van der Waals surface area contributed by atoms with Gasteiger partial charge in [0.25, 0.3) is 0 Å². The highest BCUT2D eigenvalue weighted by Gasteiger charge is 2.09. The summed E-state index contributed by atoms with van der Waals surface area (Å²) in [6.45, 7) is 0.0926. The van der Waals surface area contributed by atoms with Gasteiger partial charge in [0.1, 0.15) is 12.4 Å². The lowest BCUT2D eigenvalue weighted by Crippen LogP contribution is -2.00. The summed E-state index contributed by atoms with van der Waals surface area (Å²) in [5.74, 6) is 0.461. The van der Waals surface area contributed by atoms with Crippen LogP contribution in [-0.2, 0) is 13.2 Å². The van der Waals surface area contributed by atoms with E-state index in [9.17, 15) is 5.11 Å². The summed E-state index contributed by atoms with van der Waals surface area (Å²) in [6.07, 6.45) is 0. The van der Waals surface area contributed by atoms with Crippen LogP contribution in [0.5, 0.6) is 5.75 Å². The molecule has 0 aliphatic rings. The second-order valence-corrected chi connectivity index (χ2v) is 5.16. The lowest BCUT2D eigenvalue weighted by Gasteiger charge is -2.12. The Hall–Kier alpha value is -0.930. The standard InChI is InChI=1S/C14H11Cl3O2/c15-11-4-5-12(16)10(6-11)8-19-14-9(7-18)2-1-3-13(14)17/h1-6,18H,7-8H2. The van der Waals surface area contributed by atoms with Crippen molar-refractivity contribution in [1.29, 1.82) is 0 Å². The zero-order chi connectivity index (χ0) is 13.8. The third-order valence-electron chi connectivity index (χ3n) is 2.60. The predicted octanol–water partition coefficient (Wildman–Crippen LogP) is 4.72. The largest absolute Gasteiger partial charge is 0.487 e. The van der Waals surface area contributed by atoms with Crippen LogP contribution in [0, 0.1) is 0 Å². The minimum atomic E-state index is -0.140. The van der Waals surface area contributed by atoms with E-state index in [0.29, 0.717) is 26.4 Å². The van der Waals surface area contributed by atoms with Gasteiger partial charge in [-0.3, -0.25) is 0 Å². The van der Waals surface area contributed by atoms with Crippen LogP contribution in [0.15, 0.2) is 36.4 Å². The zero-order valence-corrected chi connectivity index (χ0v) is 12.1. The molecule has 0 spiro atoms. The summed E-state index contributed by atoms with van der Waals surface area (Å²) in [6, 6.07) is 10.4. The van der Waals surface area contributed by atoms with Crippen molar-refractivity contribution in [3.63, 3.8) is 0 Å². The highest BCUT2D eigenvalue weighted by molar-refractivity contribution is 6.33. The maximum Gasteiger partial charge on any atom is 0.143 e. The van der Waals surface area contributed by atoms with E-state index in [0.717, 1.165) is 5.56 Å². The molecule has 100 valence electrons. The van der Waals surface area contributed by atoms with Crippen LogP contribution in [0.25, 0.3) is 0 Å². The van der Waals surface area contributed by atoms with Gasteiger partial charge in [0, 0.05) is 21.2 Å². The molecule has 5 heteroatoms. The third kappa shape index (κ3) is 3.54. The summed E-state index contributed by atoms with van der Waals surface area (Å²) in [4.78, 5) is 0. The molecule has 0 heterocycles. The highest BCUT2D eigenvalue weighted by atomic mass is 35.5. The van der Waals surface area contributed by atoms with E-state index in [1.807, 2.05) is 0 Å². The number of ether oxygens (including phenoxy) is 1. The number of hydrogen-bond acceptors (Lipinski definition) is 2. The first-order chi connectivity index (χ1) is 9.11. The van der Waals surface area contributed by atoms with Gasteiger partial charge >= 0.3 is 0 Å². The van der Waals surface area contributed by atoms with E-state index >= 15 is 0 Å². The molecule has 0 atom stereocenters. The molecule has 0 unspecified atom stereocenters. The van der Waals surface area contributed by atoms with E-state index in [1.165, 1.54) is 0 Å². The van der Waals surface area contributed by atoms with Gasteiger partial charge in [-0.15, -0.1) is 0 Å². The fourth-order valence-electron chi connectivity index (χ4n) is 1.64. The first-order valence-corrected chi connectivity index (χ1v) is 6.70. The average molecular weight is 318 g/mol. The number of para-hydroxylation sites is 1. The number of hydrogen-bond donors (Lipinski definition) is 1. The van der Waals surface area contributed by atoms with Crippen molar-refractivity contribution < 1.29 is 9.84 Å². The molecule has 0 saturated carbocycles. The summed E-state index contributed by atoms with van der Waals surface area (Å²) < 4.78 is 5.65. The molecule has 2 aromatic carbocycles. The van der Waals surface area contributed by atoms with Gasteiger partial charge in [0.15, 0.2) is 0 Å². The minimum absolute atomic E-state index is 0.140. The highest BCUT2D eigenvalue weighted by Crippen LogP contribution is 2.30. The molecule has 0 fully saturated rings. The van der Waals surface area contributed by atoms with Crippen molar-refractivity contribution >= 4 is 34.8 Å². The van der Waals surface area contributed by atoms with Crippen LogP contribution in [0.2, 0.25) is 15.1 Å². The quantitative estimate of drug-likeness (QED) is 0.884. The van der Waals surface area contributed by atoms with Gasteiger partial charge in [0.05, 0.1) is 11.6 Å². The Morgan fingerprint density at radius 1 is 0.947 bits per heavy atom. The lowest BCUT2D eigenvalue weighted by atomic mass is 10.2. The van der Waals surface area contributed by atoms with Crippen molar-refractivity contribution in [1.82, 2.24) is 0 Å². The lowest BCUT2D eigenvalue weighted by molar-refractivity contribution is 0.259. The number of rotatable bonds is 4. The molecule has 0 amide bonds. The Labute approximate surface area is 126 Å². The summed E-state index contributed by atoms with van der Waals surface area (Å²) in [5, 5.41) is 10.9. The topological polar surface area (TPSA) is 29.5 Å². The van der Waals surface area contributed by atoms with Gasteiger partial charge < -0.3 is 9.84 Å². The Balaban J connectivity index is 2.21. The monoisotopic (exact) mass is 316 g/mol. The second kappa shape index (κ2) is 6.49. The van der Waals surface area contributed by atoms with Crippen molar-refractivity contribution in [2.75, 3.05) is 0 Å². The van der Waals surface area contributed by atoms with Gasteiger partial charge in [-0.05, 0) is 24.3 Å². The molecule has 0 radical (unpaired) electrons. The fourth-order valence-corrected chi connectivity index (χ4v) is 2.26.